The van der Waals surface area contributed by atoms with Gasteiger partial charge in [0.1, 0.15) is 10.9 Å². The predicted octanol–water partition coefficient (Wildman–Crippen LogP) is 0.231. The molecule has 0 aromatic heterocycles. The molecule has 2 rings (SSSR count). The SMILES string of the molecule is CN(C)/C=C1\C(=O)C2SC=CC2S(=O)(=O)N1C. The van der Waals surface area contributed by atoms with Crippen molar-refractivity contribution in [3.05, 3.63) is 23.4 Å². The Bertz CT molecular complexity index is 508. The molecule has 2 heterocycles. The zero-order valence-corrected chi connectivity index (χ0v) is 11.5. The van der Waals surface area contributed by atoms with Gasteiger partial charge in [-0.1, -0.05) is 6.08 Å². The van der Waals surface area contributed by atoms with Gasteiger partial charge in [-0.05, 0) is 5.41 Å². The third-order valence-corrected chi connectivity index (χ3v) is 6.11. The van der Waals surface area contributed by atoms with Crippen LogP contribution in [0.2, 0.25) is 0 Å². The molecule has 5 nitrogen and oxygen atoms in total. The van der Waals surface area contributed by atoms with Gasteiger partial charge in [0, 0.05) is 27.3 Å². The van der Waals surface area contributed by atoms with Gasteiger partial charge in [0.05, 0.1) is 5.25 Å². The molecular formula is C10H14N2O3S2. The summed E-state index contributed by atoms with van der Waals surface area (Å²) in [7, 11) is 1.48. The summed E-state index contributed by atoms with van der Waals surface area (Å²) in [5, 5.41) is 0.448. The minimum absolute atomic E-state index is 0.129. The first-order valence-corrected chi connectivity index (χ1v) is 7.52. The van der Waals surface area contributed by atoms with Crippen LogP contribution in [-0.4, -0.2) is 55.0 Å². The lowest BCUT2D eigenvalue weighted by Crippen LogP contribution is -2.50. The smallest absolute Gasteiger partial charge is 0.243 e. The van der Waals surface area contributed by atoms with E-state index >= 15 is 0 Å². The highest BCUT2D eigenvalue weighted by atomic mass is 32.2. The van der Waals surface area contributed by atoms with E-state index in [4.69, 9.17) is 0 Å². The van der Waals surface area contributed by atoms with Crippen LogP contribution in [0.25, 0.3) is 0 Å². The molecule has 0 aliphatic carbocycles. The maximum Gasteiger partial charge on any atom is 0.243 e. The summed E-state index contributed by atoms with van der Waals surface area (Å²) < 4.78 is 25.5. The van der Waals surface area contributed by atoms with Gasteiger partial charge in [-0.3, -0.25) is 9.10 Å². The van der Waals surface area contributed by atoms with Gasteiger partial charge in [-0.2, -0.15) is 0 Å². The first-order chi connectivity index (χ1) is 7.85. The van der Waals surface area contributed by atoms with E-state index < -0.39 is 20.5 Å². The molecule has 0 aromatic rings. The number of sulfonamides is 1. The van der Waals surface area contributed by atoms with Crippen LogP contribution in [0.3, 0.4) is 0 Å². The summed E-state index contributed by atoms with van der Waals surface area (Å²) in [4.78, 5) is 13.9. The Morgan fingerprint density at radius 2 is 2.12 bits per heavy atom. The normalized spacial score (nSPS) is 33.0. The van der Waals surface area contributed by atoms with Crippen LogP contribution in [0.5, 0.6) is 0 Å². The minimum Gasteiger partial charge on any atom is -0.382 e. The number of hydrogen-bond acceptors (Lipinski definition) is 5. The van der Waals surface area contributed by atoms with E-state index in [0.29, 0.717) is 0 Å². The van der Waals surface area contributed by atoms with Gasteiger partial charge in [-0.15, -0.1) is 11.8 Å². The Balaban J connectivity index is 2.50. The van der Waals surface area contributed by atoms with E-state index in [9.17, 15) is 13.2 Å². The van der Waals surface area contributed by atoms with Crippen molar-refractivity contribution in [1.29, 1.82) is 0 Å². The largest absolute Gasteiger partial charge is 0.382 e. The van der Waals surface area contributed by atoms with Crippen molar-refractivity contribution in [2.24, 2.45) is 0 Å². The van der Waals surface area contributed by atoms with Crippen molar-refractivity contribution in [1.82, 2.24) is 9.21 Å². The van der Waals surface area contributed by atoms with Crippen LogP contribution in [0.1, 0.15) is 0 Å². The van der Waals surface area contributed by atoms with Gasteiger partial charge >= 0.3 is 0 Å². The number of thioether (sulfide) groups is 1. The average molecular weight is 274 g/mol. The number of carbonyl (C=O) groups is 1. The quantitative estimate of drug-likeness (QED) is 0.641. The number of ketones is 1. The molecular weight excluding hydrogens is 260 g/mol. The third kappa shape index (κ3) is 1.87. The van der Waals surface area contributed by atoms with Gasteiger partial charge in [0.2, 0.25) is 10.0 Å². The first kappa shape index (κ1) is 12.5. The summed E-state index contributed by atoms with van der Waals surface area (Å²) in [5.74, 6) is -0.129. The lowest BCUT2D eigenvalue weighted by Gasteiger charge is -2.33. The molecule has 7 heteroatoms. The second-order valence-corrected chi connectivity index (χ2v) is 7.38. The van der Waals surface area contributed by atoms with E-state index in [-0.39, 0.29) is 11.5 Å². The number of likely N-dealkylation sites (N-methyl/N-ethyl adjacent to an activating group) is 1. The van der Waals surface area contributed by atoms with Crippen molar-refractivity contribution in [2.75, 3.05) is 21.1 Å². The highest BCUT2D eigenvalue weighted by Crippen LogP contribution is 2.38. The van der Waals surface area contributed by atoms with Crippen LogP contribution in [0, 0.1) is 0 Å². The molecule has 1 fully saturated rings. The maximum absolute atomic E-state index is 12.2. The van der Waals surface area contributed by atoms with E-state index in [1.54, 1.807) is 36.7 Å². The minimum atomic E-state index is -3.46. The van der Waals surface area contributed by atoms with Crippen molar-refractivity contribution in [3.63, 3.8) is 0 Å². The number of fused-ring (bicyclic) bond motifs is 1. The predicted molar refractivity (Wildman–Crippen MR) is 67.8 cm³/mol. The van der Waals surface area contributed by atoms with Gasteiger partial charge in [-0.25, -0.2) is 8.42 Å². The average Bonchev–Trinajstić information content (AvgIpc) is 2.71. The molecule has 1 saturated heterocycles. The van der Waals surface area contributed by atoms with Crippen LogP contribution in [0.15, 0.2) is 23.4 Å². The summed E-state index contributed by atoms with van der Waals surface area (Å²) >= 11 is 1.27. The summed E-state index contributed by atoms with van der Waals surface area (Å²) in [6.07, 6.45) is 3.14. The fraction of sp³-hybridized carbons (Fsp3) is 0.500. The molecule has 0 radical (unpaired) electrons. The fourth-order valence-electron chi connectivity index (χ4n) is 1.86. The number of nitrogens with zero attached hydrogens (tertiary/aromatic N) is 2. The summed E-state index contributed by atoms with van der Waals surface area (Å²) in [6, 6.07) is 0. The van der Waals surface area contributed by atoms with Crippen LogP contribution in [0.4, 0.5) is 0 Å². The number of hydrogen-bond donors (Lipinski definition) is 0. The lowest BCUT2D eigenvalue weighted by molar-refractivity contribution is -0.116. The van der Waals surface area contributed by atoms with Crippen LogP contribution in [-0.2, 0) is 14.8 Å². The Morgan fingerprint density at radius 3 is 2.71 bits per heavy atom. The molecule has 0 aromatic carbocycles. The molecule has 0 spiro atoms. The summed E-state index contributed by atoms with van der Waals surface area (Å²) in [6.45, 7) is 0. The molecule has 2 unspecified atom stereocenters. The second-order valence-electron chi connectivity index (χ2n) is 4.20. The highest BCUT2D eigenvalue weighted by molar-refractivity contribution is 8.05. The molecule has 17 heavy (non-hydrogen) atoms. The number of carbonyl (C=O) groups excluding carboxylic acids is 1. The van der Waals surface area contributed by atoms with E-state index in [1.165, 1.54) is 18.8 Å². The van der Waals surface area contributed by atoms with Gasteiger partial charge < -0.3 is 4.90 Å². The van der Waals surface area contributed by atoms with Crippen molar-refractivity contribution in [2.45, 2.75) is 10.5 Å². The third-order valence-electron chi connectivity index (χ3n) is 2.75. The van der Waals surface area contributed by atoms with E-state index in [1.807, 2.05) is 0 Å². The monoisotopic (exact) mass is 274 g/mol. The molecule has 0 bridgehead atoms. The molecule has 2 aliphatic rings. The fourth-order valence-corrected chi connectivity index (χ4v) is 4.98. The van der Waals surface area contributed by atoms with Crippen LogP contribution >= 0.6 is 11.8 Å². The second kappa shape index (κ2) is 4.06. The van der Waals surface area contributed by atoms with Crippen LogP contribution < -0.4 is 0 Å². The first-order valence-electron chi connectivity index (χ1n) is 5.08. The topological polar surface area (TPSA) is 57.7 Å². The summed E-state index contributed by atoms with van der Waals surface area (Å²) in [5.41, 5.74) is 0.229. The number of allylic oxidation sites excluding steroid dienone is 1. The zero-order chi connectivity index (χ0) is 12.8. The molecule has 0 saturated carbocycles. The van der Waals surface area contributed by atoms with E-state index in [0.717, 1.165) is 4.31 Å². The Morgan fingerprint density at radius 1 is 1.47 bits per heavy atom. The number of rotatable bonds is 1. The standard InChI is InChI=1S/C10H14N2O3S2/c1-11(2)6-7-9(13)10-8(4-5-16-10)17(14,15)12(7)3/h4-6,8,10H,1-3H3/b7-6+. The van der Waals surface area contributed by atoms with Gasteiger partial charge in [0.15, 0.2) is 5.78 Å². The highest BCUT2D eigenvalue weighted by Gasteiger charge is 2.49. The van der Waals surface area contributed by atoms with E-state index in [2.05, 4.69) is 0 Å². The Hall–Kier alpha value is -0.950. The van der Waals surface area contributed by atoms with Crippen molar-refractivity contribution < 1.29 is 13.2 Å². The lowest BCUT2D eigenvalue weighted by atomic mass is 10.1. The Kier molecular flexibility index (Phi) is 2.99. The molecule has 2 atom stereocenters. The van der Waals surface area contributed by atoms with Gasteiger partial charge in [0.25, 0.3) is 0 Å². The molecule has 2 aliphatic heterocycles. The number of Topliss-reactive ketones (excluding diaryl/α,β-unsaturated/α-hetero) is 1. The Labute approximate surface area is 105 Å². The molecule has 0 N–H and O–H groups in total. The maximum atomic E-state index is 12.2. The molecule has 0 amide bonds. The van der Waals surface area contributed by atoms with Crippen molar-refractivity contribution in [3.8, 4) is 0 Å². The molecule has 94 valence electrons. The zero-order valence-electron chi connectivity index (χ0n) is 9.82. The van der Waals surface area contributed by atoms with Crippen molar-refractivity contribution >= 4 is 27.6 Å².